The largest absolute Gasteiger partial charge is 0.399 e. The molecule has 0 radical (unpaired) electrons. The number of hydrogen-bond acceptors (Lipinski definition) is 3. The van der Waals surface area contributed by atoms with Crippen molar-refractivity contribution in [3.63, 3.8) is 0 Å². The highest BCUT2D eigenvalue weighted by molar-refractivity contribution is 6.16. The van der Waals surface area contributed by atoms with E-state index in [-0.39, 0.29) is 11.3 Å². The first-order valence-corrected chi connectivity index (χ1v) is 6.11. The van der Waals surface area contributed by atoms with Crippen LogP contribution in [0, 0.1) is 5.82 Å². The first-order valence-electron chi connectivity index (χ1n) is 6.11. The van der Waals surface area contributed by atoms with Gasteiger partial charge in [-0.05, 0) is 13.0 Å². The van der Waals surface area contributed by atoms with E-state index in [1.165, 1.54) is 13.2 Å². The van der Waals surface area contributed by atoms with E-state index >= 15 is 0 Å². The van der Waals surface area contributed by atoms with Crippen molar-refractivity contribution in [3.8, 4) is 0 Å². The number of halogens is 1. The van der Waals surface area contributed by atoms with E-state index in [4.69, 9.17) is 4.84 Å². The molecule has 0 bridgehead atoms. The number of carbonyl (C=O) groups is 1. The second kappa shape index (κ2) is 6.10. The summed E-state index contributed by atoms with van der Waals surface area (Å²) in [6.07, 6.45) is 0. The van der Waals surface area contributed by atoms with Crippen LogP contribution >= 0.6 is 0 Å². The van der Waals surface area contributed by atoms with Crippen molar-refractivity contribution in [1.29, 1.82) is 0 Å². The summed E-state index contributed by atoms with van der Waals surface area (Å²) in [7, 11) is 1.40. The molecule has 0 saturated carbocycles. The lowest BCUT2D eigenvalue weighted by atomic mass is 9.95. The van der Waals surface area contributed by atoms with Crippen molar-refractivity contribution in [2.24, 2.45) is 5.16 Å². The standard InChI is InChI=1S/C16H14FNO2/c1-11(18-20-2)13-9-6-10-14(17)15(13)16(19)12-7-4-3-5-8-12/h3-10H,1-2H3/b18-11+. The molecule has 0 spiro atoms. The molecule has 0 amide bonds. The Morgan fingerprint density at radius 2 is 1.80 bits per heavy atom. The Bertz CT molecular complexity index is 651. The fraction of sp³-hybridized carbons (Fsp3) is 0.125. The Morgan fingerprint density at radius 1 is 1.10 bits per heavy atom. The minimum Gasteiger partial charge on any atom is -0.399 e. The van der Waals surface area contributed by atoms with E-state index in [1.807, 2.05) is 0 Å². The molecular weight excluding hydrogens is 257 g/mol. The minimum absolute atomic E-state index is 0.0111. The van der Waals surface area contributed by atoms with E-state index in [1.54, 1.807) is 49.4 Å². The lowest BCUT2D eigenvalue weighted by Crippen LogP contribution is -2.11. The van der Waals surface area contributed by atoms with Gasteiger partial charge < -0.3 is 4.84 Å². The van der Waals surface area contributed by atoms with Crippen LogP contribution < -0.4 is 0 Å². The lowest BCUT2D eigenvalue weighted by molar-refractivity contribution is 0.103. The Hall–Kier alpha value is -2.49. The third-order valence-electron chi connectivity index (χ3n) is 2.89. The molecule has 2 aromatic rings. The van der Waals surface area contributed by atoms with Crippen LogP contribution in [-0.4, -0.2) is 18.6 Å². The van der Waals surface area contributed by atoms with Crippen LogP contribution in [0.1, 0.15) is 28.4 Å². The van der Waals surface area contributed by atoms with Crippen molar-refractivity contribution in [1.82, 2.24) is 0 Å². The summed E-state index contributed by atoms with van der Waals surface area (Å²) in [5.41, 5.74) is 1.33. The molecule has 0 heterocycles. The lowest BCUT2D eigenvalue weighted by Gasteiger charge is -2.09. The van der Waals surface area contributed by atoms with Crippen molar-refractivity contribution >= 4 is 11.5 Å². The quantitative estimate of drug-likeness (QED) is 0.485. The summed E-state index contributed by atoms with van der Waals surface area (Å²) in [6, 6.07) is 13.0. The van der Waals surface area contributed by atoms with Gasteiger partial charge in [-0.2, -0.15) is 0 Å². The summed E-state index contributed by atoms with van der Waals surface area (Å²) < 4.78 is 14.1. The van der Waals surface area contributed by atoms with Gasteiger partial charge in [0.15, 0.2) is 5.78 Å². The van der Waals surface area contributed by atoms with E-state index in [2.05, 4.69) is 5.16 Å². The van der Waals surface area contributed by atoms with Crippen LogP contribution in [0.3, 0.4) is 0 Å². The van der Waals surface area contributed by atoms with Gasteiger partial charge in [0.05, 0.1) is 11.3 Å². The zero-order valence-electron chi connectivity index (χ0n) is 11.3. The van der Waals surface area contributed by atoms with Crippen molar-refractivity contribution < 1.29 is 14.0 Å². The third kappa shape index (κ3) is 2.74. The first kappa shape index (κ1) is 13.9. The molecule has 3 nitrogen and oxygen atoms in total. The molecule has 0 fully saturated rings. The molecule has 0 saturated heterocycles. The van der Waals surface area contributed by atoms with Crippen LogP contribution in [-0.2, 0) is 4.84 Å². The molecule has 0 aromatic heterocycles. The number of carbonyl (C=O) groups excluding carboxylic acids is 1. The highest BCUT2D eigenvalue weighted by atomic mass is 19.1. The molecule has 4 heteroatoms. The number of nitrogens with zero attached hydrogens (tertiary/aromatic N) is 1. The Kier molecular flexibility index (Phi) is 4.25. The molecule has 0 aliphatic carbocycles. The molecule has 102 valence electrons. The molecule has 0 N–H and O–H groups in total. The molecule has 0 atom stereocenters. The second-order valence-electron chi connectivity index (χ2n) is 4.22. The summed E-state index contributed by atoms with van der Waals surface area (Å²) in [5.74, 6) is -0.939. The number of benzene rings is 2. The summed E-state index contributed by atoms with van der Waals surface area (Å²) >= 11 is 0. The summed E-state index contributed by atoms with van der Waals surface area (Å²) in [5, 5.41) is 3.77. The zero-order valence-corrected chi connectivity index (χ0v) is 11.3. The molecule has 2 aromatic carbocycles. The maximum absolute atomic E-state index is 14.1. The average Bonchev–Trinajstić information content (AvgIpc) is 2.47. The van der Waals surface area contributed by atoms with Gasteiger partial charge in [-0.25, -0.2) is 4.39 Å². The molecular formula is C16H14FNO2. The molecule has 0 unspecified atom stereocenters. The summed E-state index contributed by atoms with van der Waals surface area (Å²) in [4.78, 5) is 17.2. The van der Waals surface area contributed by atoms with Gasteiger partial charge in [-0.1, -0.05) is 47.6 Å². The minimum atomic E-state index is -0.568. The van der Waals surface area contributed by atoms with E-state index in [0.717, 1.165) is 0 Å². The predicted octanol–water partition coefficient (Wildman–Crippen LogP) is 3.43. The maximum Gasteiger partial charge on any atom is 0.196 e. The SMILES string of the molecule is CO/N=C(\C)c1cccc(F)c1C(=O)c1ccccc1. The topological polar surface area (TPSA) is 38.7 Å². The van der Waals surface area contributed by atoms with E-state index in [0.29, 0.717) is 16.8 Å². The molecule has 0 aliphatic heterocycles. The molecule has 2 rings (SSSR count). The first-order chi connectivity index (χ1) is 9.65. The van der Waals surface area contributed by atoms with Crippen LogP contribution in [0.15, 0.2) is 53.7 Å². The number of hydrogen-bond donors (Lipinski definition) is 0. The highest BCUT2D eigenvalue weighted by Crippen LogP contribution is 2.19. The third-order valence-corrected chi connectivity index (χ3v) is 2.89. The maximum atomic E-state index is 14.1. The highest BCUT2D eigenvalue weighted by Gasteiger charge is 2.19. The van der Waals surface area contributed by atoms with Gasteiger partial charge in [0.1, 0.15) is 12.9 Å². The summed E-state index contributed by atoms with van der Waals surface area (Å²) in [6.45, 7) is 1.67. The normalized spacial score (nSPS) is 11.2. The number of oxime groups is 1. The molecule has 20 heavy (non-hydrogen) atoms. The van der Waals surface area contributed by atoms with E-state index < -0.39 is 5.82 Å². The average molecular weight is 271 g/mol. The molecule has 0 aliphatic rings. The van der Waals surface area contributed by atoms with Gasteiger partial charge >= 0.3 is 0 Å². The van der Waals surface area contributed by atoms with Crippen molar-refractivity contribution in [2.45, 2.75) is 6.92 Å². The van der Waals surface area contributed by atoms with Crippen LogP contribution in [0.25, 0.3) is 0 Å². The fourth-order valence-electron chi connectivity index (χ4n) is 1.98. The smallest absolute Gasteiger partial charge is 0.196 e. The van der Waals surface area contributed by atoms with Crippen molar-refractivity contribution in [3.05, 3.63) is 71.0 Å². The number of ketones is 1. The number of rotatable bonds is 4. The predicted molar refractivity (Wildman–Crippen MR) is 75.5 cm³/mol. The Labute approximate surface area is 116 Å². The Morgan fingerprint density at radius 3 is 2.45 bits per heavy atom. The van der Waals surface area contributed by atoms with Gasteiger partial charge in [0.2, 0.25) is 0 Å². The van der Waals surface area contributed by atoms with Crippen LogP contribution in [0.5, 0.6) is 0 Å². The van der Waals surface area contributed by atoms with Gasteiger partial charge in [-0.3, -0.25) is 4.79 Å². The van der Waals surface area contributed by atoms with Gasteiger partial charge in [-0.15, -0.1) is 0 Å². The Balaban J connectivity index is 2.56. The zero-order chi connectivity index (χ0) is 14.5. The van der Waals surface area contributed by atoms with Crippen LogP contribution in [0.2, 0.25) is 0 Å². The van der Waals surface area contributed by atoms with Gasteiger partial charge in [0.25, 0.3) is 0 Å². The van der Waals surface area contributed by atoms with Crippen molar-refractivity contribution in [2.75, 3.05) is 7.11 Å². The van der Waals surface area contributed by atoms with Gasteiger partial charge in [0, 0.05) is 11.1 Å². The second-order valence-corrected chi connectivity index (χ2v) is 4.22. The van der Waals surface area contributed by atoms with Crippen LogP contribution in [0.4, 0.5) is 4.39 Å². The fourth-order valence-corrected chi connectivity index (χ4v) is 1.98. The monoisotopic (exact) mass is 271 g/mol. The van der Waals surface area contributed by atoms with E-state index in [9.17, 15) is 9.18 Å².